The Hall–Kier alpha value is -0.120. The third-order valence-electron chi connectivity index (χ3n) is 6.01. The molecule has 2 aliphatic heterocycles. The van der Waals surface area contributed by atoms with Gasteiger partial charge in [-0.3, -0.25) is 9.80 Å². The number of likely N-dealkylation sites (N-methyl/N-ethyl adjacent to an activating group) is 1. The summed E-state index contributed by atoms with van der Waals surface area (Å²) < 4.78 is 5.40. The molecule has 1 aliphatic carbocycles. The molecule has 2 heterocycles. The minimum atomic E-state index is 0.242. The first-order valence-electron chi connectivity index (χ1n) is 9.07. The maximum Gasteiger partial charge on any atom is 0.0615 e. The normalized spacial score (nSPS) is 30.7. The predicted molar refractivity (Wildman–Crippen MR) is 94.3 cm³/mol. The Morgan fingerprint density at radius 3 is 2.23 bits per heavy atom. The van der Waals surface area contributed by atoms with E-state index < -0.39 is 0 Å². The second kappa shape index (κ2) is 6.07. The van der Waals surface area contributed by atoms with Crippen LogP contribution >= 0.6 is 0 Å². The van der Waals surface area contributed by atoms with Crippen LogP contribution in [0.15, 0.2) is 0 Å². The number of hydrogen-bond donors (Lipinski definition) is 0. The van der Waals surface area contributed by atoms with E-state index in [0.29, 0.717) is 17.0 Å². The molecule has 2 saturated heterocycles. The highest BCUT2D eigenvalue weighted by molar-refractivity contribution is 5.13. The number of hydrogen-bond acceptors (Lipinski definition) is 3. The first kappa shape index (κ1) is 18.2. The topological polar surface area (TPSA) is 15.7 Å². The molecule has 0 unspecified atom stereocenters. The second-order valence-electron chi connectivity index (χ2n) is 9.44. The van der Waals surface area contributed by atoms with Gasteiger partial charge in [0.25, 0.3) is 0 Å². The van der Waals surface area contributed by atoms with Gasteiger partial charge in [-0.15, -0.1) is 0 Å². The van der Waals surface area contributed by atoms with Crippen LogP contribution in [0.2, 0.25) is 0 Å². The molecule has 3 fully saturated rings. The zero-order chi connectivity index (χ0) is 16.8. The van der Waals surface area contributed by atoms with Gasteiger partial charge in [0.05, 0.1) is 6.61 Å². The van der Waals surface area contributed by atoms with Crippen LogP contribution in [-0.4, -0.2) is 59.8 Å². The fourth-order valence-corrected chi connectivity index (χ4v) is 5.45. The molecule has 1 saturated carbocycles. The molecule has 3 nitrogen and oxygen atoms in total. The summed E-state index contributed by atoms with van der Waals surface area (Å²) in [7, 11) is 1.81. The Morgan fingerprint density at radius 1 is 1.23 bits per heavy atom. The van der Waals surface area contributed by atoms with Crippen molar-refractivity contribution in [2.75, 3.05) is 26.8 Å². The van der Waals surface area contributed by atoms with Gasteiger partial charge in [0.15, 0.2) is 0 Å². The van der Waals surface area contributed by atoms with Gasteiger partial charge in [-0.05, 0) is 72.8 Å². The molecule has 0 amide bonds. The van der Waals surface area contributed by atoms with Gasteiger partial charge in [-0.1, -0.05) is 6.92 Å². The van der Waals surface area contributed by atoms with Gasteiger partial charge in [-0.25, -0.2) is 0 Å². The van der Waals surface area contributed by atoms with E-state index in [1.165, 1.54) is 25.8 Å². The summed E-state index contributed by atoms with van der Waals surface area (Å²) in [4.78, 5) is 5.39. The number of fused-ring (bicyclic) bond motifs is 1. The van der Waals surface area contributed by atoms with Crippen molar-refractivity contribution in [3.8, 4) is 0 Å². The molecule has 3 heteroatoms. The molecule has 3 aliphatic rings. The van der Waals surface area contributed by atoms with Gasteiger partial charge >= 0.3 is 0 Å². The van der Waals surface area contributed by atoms with Crippen molar-refractivity contribution in [3.05, 3.63) is 0 Å². The van der Waals surface area contributed by atoms with Crippen molar-refractivity contribution in [1.29, 1.82) is 0 Å². The lowest BCUT2D eigenvalue weighted by atomic mass is 9.64. The Kier molecular flexibility index (Phi) is 5.03. The van der Waals surface area contributed by atoms with E-state index in [1.807, 2.05) is 7.11 Å². The minimum Gasteiger partial charge on any atom is -0.383 e. The highest BCUT2D eigenvalue weighted by atomic mass is 16.5. The summed E-state index contributed by atoms with van der Waals surface area (Å²) in [6.07, 6.45) is 4.12. The maximum absolute atomic E-state index is 5.40. The lowest BCUT2D eigenvalue weighted by Crippen LogP contribution is -2.54. The molecular formula is C19H38N2O. The van der Waals surface area contributed by atoms with Gasteiger partial charge in [0.2, 0.25) is 0 Å². The summed E-state index contributed by atoms with van der Waals surface area (Å²) in [6, 6.07) is 1.32. The van der Waals surface area contributed by atoms with Crippen LogP contribution in [0.3, 0.4) is 0 Å². The monoisotopic (exact) mass is 310 g/mol. The Bertz CT molecular complexity index is 379. The summed E-state index contributed by atoms with van der Waals surface area (Å²) >= 11 is 0. The summed E-state index contributed by atoms with van der Waals surface area (Å²) in [5.41, 5.74) is 1.12. The SMILES string of the molecule is CCN([C@H](C)COC)C(C)(C)CC12CC(C1)N(C(C)(C)C)C2. The molecule has 0 spiro atoms. The lowest BCUT2D eigenvalue weighted by molar-refractivity contribution is -0.00373. The molecular weight excluding hydrogens is 272 g/mol. The Balaban J connectivity index is 2.04. The fourth-order valence-electron chi connectivity index (χ4n) is 5.45. The molecule has 130 valence electrons. The van der Waals surface area contributed by atoms with Crippen molar-refractivity contribution in [2.45, 2.75) is 90.9 Å². The maximum atomic E-state index is 5.40. The van der Waals surface area contributed by atoms with Crippen LogP contribution in [0.5, 0.6) is 0 Å². The first-order chi connectivity index (χ1) is 10.0. The van der Waals surface area contributed by atoms with Crippen LogP contribution in [0.1, 0.15) is 67.7 Å². The number of ether oxygens (including phenoxy) is 1. The number of nitrogens with zero attached hydrogens (tertiary/aromatic N) is 2. The molecule has 0 aromatic carbocycles. The van der Waals surface area contributed by atoms with Gasteiger partial charge < -0.3 is 4.74 Å². The van der Waals surface area contributed by atoms with Gasteiger partial charge in [-0.2, -0.15) is 0 Å². The predicted octanol–water partition coefficient (Wildman–Crippen LogP) is 3.77. The first-order valence-corrected chi connectivity index (χ1v) is 9.07. The van der Waals surface area contributed by atoms with E-state index in [9.17, 15) is 0 Å². The van der Waals surface area contributed by atoms with Gasteiger partial charge in [0, 0.05) is 36.8 Å². The molecule has 0 N–H and O–H groups in total. The Morgan fingerprint density at radius 2 is 1.82 bits per heavy atom. The quantitative estimate of drug-likeness (QED) is 0.712. The van der Waals surface area contributed by atoms with E-state index in [1.54, 1.807) is 0 Å². The average Bonchev–Trinajstić information content (AvgIpc) is 2.83. The molecule has 0 aromatic rings. The van der Waals surface area contributed by atoms with Crippen molar-refractivity contribution in [1.82, 2.24) is 9.80 Å². The molecule has 0 radical (unpaired) electrons. The minimum absolute atomic E-state index is 0.242. The third-order valence-corrected chi connectivity index (χ3v) is 6.01. The third kappa shape index (κ3) is 3.37. The molecule has 0 aromatic heterocycles. The summed E-state index contributed by atoms with van der Waals surface area (Å²) in [5, 5.41) is 0. The smallest absolute Gasteiger partial charge is 0.0615 e. The highest BCUT2D eigenvalue weighted by Crippen LogP contribution is 2.58. The van der Waals surface area contributed by atoms with Crippen LogP contribution in [0.4, 0.5) is 0 Å². The van der Waals surface area contributed by atoms with E-state index in [2.05, 4.69) is 58.3 Å². The van der Waals surface area contributed by atoms with E-state index >= 15 is 0 Å². The lowest BCUT2D eigenvalue weighted by Gasteiger charge is -2.49. The van der Waals surface area contributed by atoms with E-state index in [0.717, 1.165) is 19.2 Å². The summed E-state index contributed by atoms with van der Waals surface area (Å²) in [5.74, 6) is 0. The standard InChI is InChI=1S/C19H38N2O/c1-9-20(15(2)12-22-8)18(6,7)13-19-10-16(11-19)21(14-19)17(3,4)5/h15-16H,9-14H2,1-8H3/t15-,16?,19?/m1/s1. The summed E-state index contributed by atoms with van der Waals surface area (Å²) in [6.45, 7) is 19.8. The molecule has 2 bridgehead atoms. The second-order valence-corrected chi connectivity index (χ2v) is 9.44. The molecule has 3 rings (SSSR count). The number of methoxy groups -OCH3 is 1. The van der Waals surface area contributed by atoms with Crippen molar-refractivity contribution >= 4 is 0 Å². The van der Waals surface area contributed by atoms with Crippen LogP contribution in [0, 0.1) is 5.41 Å². The zero-order valence-electron chi connectivity index (χ0n) is 16.2. The molecule has 1 atom stereocenters. The van der Waals surface area contributed by atoms with Crippen molar-refractivity contribution < 1.29 is 4.74 Å². The van der Waals surface area contributed by atoms with Crippen molar-refractivity contribution in [3.63, 3.8) is 0 Å². The number of rotatable bonds is 7. The van der Waals surface area contributed by atoms with E-state index in [4.69, 9.17) is 4.74 Å². The van der Waals surface area contributed by atoms with Crippen LogP contribution < -0.4 is 0 Å². The average molecular weight is 311 g/mol. The highest BCUT2D eigenvalue weighted by Gasteiger charge is 2.58. The largest absolute Gasteiger partial charge is 0.383 e. The Labute approximate surface area is 138 Å². The van der Waals surface area contributed by atoms with Crippen LogP contribution in [-0.2, 0) is 4.74 Å². The van der Waals surface area contributed by atoms with Crippen molar-refractivity contribution in [2.24, 2.45) is 5.41 Å². The van der Waals surface area contributed by atoms with E-state index in [-0.39, 0.29) is 5.54 Å². The van der Waals surface area contributed by atoms with Crippen LogP contribution in [0.25, 0.3) is 0 Å². The zero-order valence-corrected chi connectivity index (χ0v) is 16.2. The molecule has 22 heavy (non-hydrogen) atoms. The fraction of sp³-hybridized carbons (Fsp3) is 1.00. The van der Waals surface area contributed by atoms with Gasteiger partial charge in [0.1, 0.15) is 0 Å².